The van der Waals surface area contributed by atoms with Gasteiger partial charge in [0, 0.05) is 0 Å². The maximum absolute atomic E-state index is 12.1. The fourth-order valence-electron chi connectivity index (χ4n) is 5.97. The first kappa shape index (κ1) is 32.7. The van der Waals surface area contributed by atoms with Gasteiger partial charge in [-0.15, -0.1) is 0 Å². The van der Waals surface area contributed by atoms with Crippen LogP contribution >= 0.6 is 0 Å². The maximum Gasteiger partial charge on any atom is 0.320 e. The van der Waals surface area contributed by atoms with Gasteiger partial charge >= 0.3 is 11.9 Å². The van der Waals surface area contributed by atoms with Crippen molar-refractivity contribution in [3.8, 4) is 16.9 Å². The van der Waals surface area contributed by atoms with Crippen molar-refractivity contribution in [1.82, 2.24) is 0 Å². The van der Waals surface area contributed by atoms with Crippen LogP contribution in [0.4, 0.5) is 0 Å². The molecule has 0 saturated heterocycles. The Balaban J connectivity index is 1.34. The number of carbonyl (C=O) groups excluding carboxylic acids is 2. The zero-order chi connectivity index (χ0) is 29.3. The van der Waals surface area contributed by atoms with Crippen LogP contribution in [0.1, 0.15) is 116 Å². The first-order valence-electron chi connectivity index (χ1n) is 16.2. The van der Waals surface area contributed by atoms with E-state index in [-0.39, 0.29) is 13.2 Å². The van der Waals surface area contributed by atoms with E-state index in [2.05, 4.69) is 43.3 Å². The smallest absolute Gasteiger partial charge is 0.320 e. The summed E-state index contributed by atoms with van der Waals surface area (Å²) in [5, 5.41) is 0. The number of hydrogen-bond donors (Lipinski definition) is 0. The zero-order valence-electron chi connectivity index (χ0n) is 25.7. The molecule has 2 aromatic carbocycles. The highest BCUT2D eigenvalue weighted by molar-refractivity contribution is 5.94. The van der Waals surface area contributed by atoms with E-state index < -0.39 is 17.9 Å². The van der Waals surface area contributed by atoms with Crippen LogP contribution in [0, 0.1) is 11.8 Å². The number of esters is 2. The van der Waals surface area contributed by atoms with Gasteiger partial charge in [-0.2, -0.15) is 0 Å². The highest BCUT2D eigenvalue weighted by atomic mass is 16.6. The molecule has 0 atom stereocenters. The summed E-state index contributed by atoms with van der Waals surface area (Å²) >= 11 is 0. The Morgan fingerprint density at radius 3 is 1.88 bits per heavy atom. The van der Waals surface area contributed by atoms with E-state index in [1.165, 1.54) is 68.1 Å². The second-order valence-corrected chi connectivity index (χ2v) is 11.5. The van der Waals surface area contributed by atoms with Crippen molar-refractivity contribution in [3.05, 3.63) is 54.1 Å². The van der Waals surface area contributed by atoms with E-state index in [0.717, 1.165) is 43.3 Å². The SMILES string of the molecule is CCCCC[C@H]1CC[C@H](c2ccc(-c3ccc(OCCCCCCC(C(=O)OCC)C(=O)OCC)cc3)cc2)CC1. The fraction of sp³-hybridized carbons (Fsp3) is 0.611. The molecular weight excluding hydrogens is 512 g/mol. The van der Waals surface area contributed by atoms with Crippen molar-refractivity contribution >= 4 is 11.9 Å². The number of unbranched alkanes of at least 4 members (excludes halogenated alkanes) is 5. The van der Waals surface area contributed by atoms with Crippen molar-refractivity contribution < 1.29 is 23.8 Å². The number of carbonyl (C=O) groups is 2. The molecule has 1 saturated carbocycles. The fourth-order valence-corrected chi connectivity index (χ4v) is 5.97. The van der Waals surface area contributed by atoms with Crippen LogP contribution in [0.2, 0.25) is 0 Å². The van der Waals surface area contributed by atoms with Gasteiger partial charge in [-0.1, -0.05) is 88.3 Å². The van der Waals surface area contributed by atoms with Gasteiger partial charge < -0.3 is 14.2 Å². The lowest BCUT2D eigenvalue weighted by atomic mass is 9.77. The standard InChI is InChI=1S/C36H52O5/c1-4-7-10-13-28-15-17-29(18-16-28)30-19-21-31(22-20-30)32-23-25-33(26-24-32)41-27-12-9-8-11-14-34(35(37)39-5-2)36(38)40-6-3/h19-26,28-29,34H,4-18,27H2,1-3H3/t28-,29-. The Hall–Kier alpha value is -2.82. The predicted molar refractivity (Wildman–Crippen MR) is 166 cm³/mol. The van der Waals surface area contributed by atoms with Crippen LogP contribution in [-0.4, -0.2) is 31.8 Å². The monoisotopic (exact) mass is 564 g/mol. The predicted octanol–water partition coefficient (Wildman–Crippen LogP) is 9.28. The molecular formula is C36H52O5. The summed E-state index contributed by atoms with van der Waals surface area (Å²) in [4.78, 5) is 24.2. The van der Waals surface area contributed by atoms with Crippen molar-refractivity contribution in [2.75, 3.05) is 19.8 Å². The second-order valence-electron chi connectivity index (χ2n) is 11.5. The van der Waals surface area contributed by atoms with Crippen molar-refractivity contribution in [2.24, 2.45) is 11.8 Å². The van der Waals surface area contributed by atoms with Crippen LogP contribution in [0.3, 0.4) is 0 Å². The quantitative estimate of drug-likeness (QED) is 0.103. The average molecular weight is 565 g/mol. The van der Waals surface area contributed by atoms with Crippen molar-refractivity contribution in [2.45, 2.75) is 110 Å². The molecule has 3 rings (SSSR count). The minimum absolute atomic E-state index is 0.263. The van der Waals surface area contributed by atoms with E-state index in [1.807, 2.05) is 12.1 Å². The van der Waals surface area contributed by atoms with Crippen LogP contribution < -0.4 is 4.74 Å². The third-order valence-electron chi connectivity index (χ3n) is 8.43. The van der Waals surface area contributed by atoms with Gasteiger partial charge in [0.05, 0.1) is 19.8 Å². The number of ether oxygens (including phenoxy) is 3. The van der Waals surface area contributed by atoms with E-state index in [0.29, 0.717) is 13.0 Å². The lowest BCUT2D eigenvalue weighted by Crippen LogP contribution is -2.28. The van der Waals surface area contributed by atoms with Gasteiger partial charge in [0.1, 0.15) is 5.75 Å². The summed E-state index contributed by atoms with van der Waals surface area (Å²) in [5.41, 5.74) is 3.96. The molecule has 0 amide bonds. The molecule has 0 bridgehead atoms. The molecule has 0 unspecified atom stereocenters. The maximum atomic E-state index is 12.1. The Kier molecular flexibility index (Phi) is 14.8. The van der Waals surface area contributed by atoms with E-state index in [4.69, 9.17) is 14.2 Å². The van der Waals surface area contributed by atoms with Gasteiger partial charge in [0.15, 0.2) is 5.92 Å². The van der Waals surface area contributed by atoms with Crippen LogP contribution in [0.5, 0.6) is 5.75 Å². The molecule has 1 fully saturated rings. The summed E-state index contributed by atoms with van der Waals surface area (Å²) in [6.45, 7) is 6.95. The molecule has 1 aliphatic rings. The second kappa shape index (κ2) is 18.6. The molecule has 0 heterocycles. The van der Waals surface area contributed by atoms with Gasteiger partial charge in [-0.05, 0) is 93.0 Å². The lowest BCUT2D eigenvalue weighted by molar-refractivity contribution is -0.161. The third kappa shape index (κ3) is 11.2. The average Bonchev–Trinajstić information content (AvgIpc) is 2.99. The molecule has 41 heavy (non-hydrogen) atoms. The van der Waals surface area contributed by atoms with E-state index in [9.17, 15) is 9.59 Å². The van der Waals surface area contributed by atoms with Crippen LogP contribution in [0.15, 0.2) is 48.5 Å². The summed E-state index contributed by atoms with van der Waals surface area (Å²) in [6.07, 6.45) is 15.1. The number of benzene rings is 2. The van der Waals surface area contributed by atoms with Gasteiger partial charge in [0.25, 0.3) is 0 Å². The van der Waals surface area contributed by atoms with Crippen LogP contribution in [-0.2, 0) is 19.1 Å². The Labute approximate surface area is 248 Å². The topological polar surface area (TPSA) is 61.8 Å². The first-order valence-corrected chi connectivity index (χ1v) is 16.2. The molecule has 0 N–H and O–H groups in total. The molecule has 5 heteroatoms. The van der Waals surface area contributed by atoms with Crippen LogP contribution in [0.25, 0.3) is 11.1 Å². The van der Waals surface area contributed by atoms with Gasteiger partial charge in [-0.25, -0.2) is 0 Å². The number of hydrogen-bond acceptors (Lipinski definition) is 5. The summed E-state index contributed by atoms with van der Waals surface area (Å²) in [5.74, 6) is 0.768. The molecule has 1 aliphatic carbocycles. The largest absolute Gasteiger partial charge is 0.494 e. The molecule has 5 nitrogen and oxygen atoms in total. The van der Waals surface area contributed by atoms with Crippen molar-refractivity contribution in [3.63, 3.8) is 0 Å². The minimum Gasteiger partial charge on any atom is -0.494 e. The molecule has 0 spiro atoms. The normalized spacial score (nSPS) is 16.9. The molecule has 2 aromatic rings. The molecule has 0 aliphatic heterocycles. The molecule has 0 radical (unpaired) electrons. The van der Waals surface area contributed by atoms with Gasteiger partial charge in [0.2, 0.25) is 0 Å². The Bertz CT molecular complexity index is 987. The summed E-state index contributed by atoms with van der Waals surface area (Å²) < 4.78 is 16.0. The third-order valence-corrected chi connectivity index (χ3v) is 8.43. The number of rotatable bonds is 18. The summed E-state index contributed by atoms with van der Waals surface area (Å²) in [7, 11) is 0. The van der Waals surface area contributed by atoms with E-state index >= 15 is 0 Å². The Morgan fingerprint density at radius 1 is 0.707 bits per heavy atom. The van der Waals surface area contributed by atoms with Crippen molar-refractivity contribution in [1.29, 1.82) is 0 Å². The lowest BCUT2D eigenvalue weighted by Gasteiger charge is -2.29. The Morgan fingerprint density at radius 2 is 1.29 bits per heavy atom. The zero-order valence-corrected chi connectivity index (χ0v) is 25.7. The minimum atomic E-state index is -0.819. The van der Waals surface area contributed by atoms with E-state index in [1.54, 1.807) is 13.8 Å². The molecule has 0 aromatic heterocycles. The highest BCUT2D eigenvalue weighted by Crippen LogP contribution is 2.38. The van der Waals surface area contributed by atoms with Gasteiger partial charge in [-0.3, -0.25) is 9.59 Å². The first-order chi connectivity index (χ1) is 20.0. The summed E-state index contributed by atoms with van der Waals surface area (Å²) in [6, 6.07) is 17.6. The highest BCUT2D eigenvalue weighted by Gasteiger charge is 2.28. The molecule has 226 valence electrons.